The summed E-state index contributed by atoms with van der Waals surface area (Å²) < 4.78 is 2.19. The minimum atomic E-state index is -0.949. The molecule has 5 aromatic rings. The summed E-state index contributed by atoms with van der Waals surface area (Å²) in [5, 5.41) is 16.3. The van der Waals surface area contributed by atoms with E-state index in [-0.39, 0.29) is 11.5 Å². The third-order valence-electron chi connectivity index (χ3n) is 7.57. The zero-order valence-electron chi connectivity index (χ0n) is 23.8. The van der Waals surface area contributed by atoms with Crippen LogP contribution in [-0.4, -0.2) is 46.1 Å². The first-order valence-corrected chi connectivity index (χ1v) is 15.5. The molecule has 4 aromatic carbocycles. The average Bonchev–Trinajstić information content (AvgIpc) is 3.26. The zero-order chi connectivity index (χ0) is 29.6. The van der Waals surface area contributed by atoms with Crippen molar-refractivity contribution < 1.29 is 14.7 Å². The molecule has 5 rings (SSSR count). The minimum absolute atomic E-state index is 0.0255. The number of carboxylic acids is 1. The highest BCUT2D eigenvalue weighted by atomic mass is 35.5. The first kappa shape index (κ1) is 29.7. The monoisotopic (exact) mass is 599 g/mol. The lowest BCUT2D eigenvalue weighted by Gasteiger charge is -2.17. The van der Waals surface area contributed by atoms with Gasteiger partial charge in [0.05, 0.1) is 16.1 Å². The lowest BCUT2D eigenvalue weighted by Crippen LogP contribution is -2.27. The number of aromatic carboxylic acids is 1. The second kappa shape index (κ2) is 13.5. The molecule has 216 valence electrons. The molecule has 0 aliphatic rings. The molecule has 0 saturated carbocycles. The van der Waals surface area contributed by atoms with Crippen LogP contribution in [0.15, 0.2) is 89.8 Å². The number of nitrogens with zero attached hydrogens (tertiary/aromatic N) is 2. The molecule has 42 heavy (non-hydrogen) atoms. The van der Waals surface area contributed by atoms with Gasteiger partial charge in [0, 0.05) is 46.9 Å². The summed E-state index contributed by atoms with van der Waals surface area (Å²) in [5.74, 6) is -0.331. The van der Waals surface area contributed by atoms with E-state index in [0.29, 0.717) is 29.4 Å². The Kier molecular flexibility index (Phi) is 9.52. The Balaban J connectivity index is 1.44. The van der Waals surface area contributed by atoms with Crippen LogP contribution in [-0.2, 0) is 17.1 Å². The van der Waals surface area contributed by atoms with E-state index >= 15 is 0 Å². The Morgan fingerprint density at radius 1 is 0.929 bits per heavy atom. The molecule has 8 heteroatoms. The summed E-state index contributed by atoms with van der Waals surface area (Å²) in [6.07, 6.45) is 0.425. The number of rotatable bonds is 12. The number of hydrogen-bond donors (Lipinski definition) is 2. The van der Waals surface area contributed by atoms with E-state index in [1.54, 1.807) is 23.9 Å². The highest BCUT2D eigenvalue weighted by molar-refractivity contribution is 7.98. The van der Waals surface area contributed by atoms with Crippen molar-refractivity contribution in [2.24, 2.45) is 0 Å². The molecule has 0 bridgehead atoms. The summed E-state index contributed by atoms with van der Waals surface area (Å²) in [4.78, 5) is 27.4. The molecule has 1 aromatic heterocycles. The van der Waals surface area contributed by atoms with Crippen molar-refractivity contribution in [2.75, 3.05) is 25.0 Å². The smallest absolute Gasteiger partial charge is 0.335 e. The van der Waals surface area contributed by atoms with Gasteiger partial charge in [-0.1, -0.05) is 67.9 Å². The lowest BCUT2D eigenvalue weighted by molar-refractivity contribution is -0.116. The number of thioether (sulfide) groups is 1. The molecule has 6 nitrogen and oxygen atoms in total. The summed E-state index contributed by atoms with van der Waals surface area (Å²) in [7, 11) is 0. The number of nitrogens with one attached hydrogen (secondary N) is 1. The number of halogens is 1. The number of hydrogen-bond acceptors (Lipinski definition) is 4. The molecule has 0 aliphatic carbocycles. The van der Waals surface area contributed by atoms with E-state index in [9.17, 15) is 14.7 Å². The number of benzene rings is 4. The standard InChI is InChI=1S/C34H34ClN3O3S/c1-3-37(4-2)18-17-32(39)36-27-14-16-30-29(20-27)33(35)31(38(30)21-23-9-11-25(12-10-23)34(40)41)22-42-28-15-13-24-7-5-6-8-26(24)19-28/h5-16,19-20H,3-4,17-18,21-22H2,1-2H3,(H,36,39)(H,40,41). The fourth-order valence-corrected chi connectivity index (χ4v) is 6.51. The van der Waals surface area contributed by atoms with Gasteiger partial charge in [0.1, 0.15) is 0 Å². The van der Waals surface area contributed by atoms with Crippen LogP contribution in [0, 0.1) is 0 Å². The molecular formula is C34H34ClN3O3S. The van der Waals surface area contributed by atoms with Gasteiger partial charge in [-0.3, -0.25) is 4.79 Å². The predicted molar refractivity (Wildman–Crippen MR) is 174 cm³/mol. The predicted octanol–water partition coefficient (Wildman–Crippen LogP) is 8.16. The van der Waals surface area contributed by atoms with Crippen molar-refractivity contribution in [3.63, 3.8) is 0 Å². The van der Waals surface area contributed by atoms with Crippen molar-refractivity contribution >= 4 is 62.6 Å². The second-order valence-corrected chi connectivity index (χ2v) is 11.6. The Morgan fingerprint density at radius 2 is 1.67 bits per heavy atom. The van der Waals surface area contributed by atoms with Crippen LogP contribution in [0.2, 0.25) is 5.02 Å². The second-order valence-electron chi connectivity index (χ2n) is 10.2. The number of aromatic nitrogens is 1. The molecule has 1 heterocycles. The van der Waals surface area contributed by atoms with Gasteiger partial charge in [0.15, 0.2) is 0 Å². The Bertz CT molecular complexity index is 1730. The third-order valence-corrected chi connectivity index (χ3v) is 9.00. The Hall–Kier alpha value is -3.78. The number of carbonyl (C=O) groups is 2. The number of carbonyl (C=O) groups excluding carboxylic acids is 1. The van der Waals surface area contributed by atoms with E-state index in [1.165, 1.54) is 10.8 Å². The molecular weight excluding hydrogens is 566 g/mol. The molecule has 0 unspecified atom stereocenters. The lowest BCUT2D eigenvalue weighted by atomic mass is 10.1. The van der Waals surface area contributed by atoms with Crippen LogP contribution in [0.5, 0.6) is 0 Å². The highest BCUT2D eigenvalue weighted by Crippen LogP contribution is 2.37. The maximum Gasteiger partial charge on any atom is 0.335 e. The van der Waals surface area contributed by atoms with Crippen LogP contribution >= 0.6 is 23.4 Å². The van der Waals surface area contributed by atoms with Crippen molar-refractivity contribution in [1.82, 2.24) is 9.47 Å². The average molecular weight is 600 g/mol. The fourth-order valence-electron chi connectivity index (χ4n) is 5.13. The largest absolute Gasteiger partial charge is 0.478 e. The Morgan fingerprint density at radius 3 is 2.38 bits per heavy atom. The van der Waals surface area contributed by atoms with Crippen LogP contribution in [0.4, 0.5) is 5.69 Å². The SMILES string of the molecule is CCN(CC)CCC(=O)Nc1ccc2c(c1)c(Cl)c(CSc1ccc3ccccc3c1)n2Cc1ccc(C(=O)O)cc1. The van der Waals surface area contributed by atoms with Crippen LogP contribution in [0.1, 0.15) is 41.9 Å². The third kappa shape index (κ3) is 6.81. The van der Waals surface area contributed by atoms with E-state index in [1.807, 2.05) is 42.5 Å². The van der Waals surface area contributed by atoms with Crippen molar-refractivity contribution in [2.45, 2.75) is 37.5 Å². The van der Waals surface area contributed by atoms with Gasteiger partial charge in [0.25, 0.3) is 0 Å². The van der Waals surface area contributed by atoms with Gasteiger partial charge in [-0.2, -0.15) is 0 Å². The van der Waals surface area contributed by atoms with Crippen molar-refractivity contribution in [1.29, 1.82) is 0 Å². The maximum atomic E-state index is 12.7. The van der Waals surface area contributed by atoms with Gasteiger partial charge in [-0.05, 0) is 71.9 Å². The Labute approximate surface area is 255 Å². The maximum absolute atomic E-state index is 12.7. The minimum Gasteiger partial charge on any atom is -0.478 e. The molecule has 0 aliphatic heterocycles. The molecule has 1 amide bonds. The van der Waals surface area contributed by atoms with Crippen molar-refractivity contribution in [3.8, 4) is 0 Å². The number of carboxylic acid groups (broad SMARTS) is 1. The van der Waals surface area contributed by atoms with E-state index < -0.39 is 5.97 Å². The molecule has 0 saturated heterocycles. The van der Waals surface area contributed by atoms with E-state index in [4.69, 9.17) is 11.6 Å². The first-order chi connectivity index (χ1) is 20.4. The number of fused-ring (bicyclic) bond motifs is 2. The summed E-state index contributed by atoms with van der Waals surface area (Å²) in [6.45, 7) is 7.27. The summed E-state index contributed by atoms with van der Waals surface area (Å²) >= 11 is 8.79. The first-order valence-electron chi connectivity index (χ1n) is 14.1. The fraction of sp³-hybridized carbons (Fsp3) is 0.235. The van der Waals surface area contributed by atoms with Gasteiger partial charge >= 0.3 is 5.97 Å². The number of amides is 1. The molecule has 0 fully saturated rings. The molecule has 2 N–H and O–H groups in total. The van der Waals surface area contributed by atoms with Crippen LogP contribution in [0.25, 0.3) is 21.7 Å². The van der Waals surface area contributed by atoms with Crippen molar-refractivity contribution in [3.05, 3.63) is 107 Å². The van der Waals surface area contributed by atoms with Gasteiger partial charge in [0.2, 0.25) is 5.91 Å². The van der Waals surface area contributed by atoms with Gasteiger partial charge in [-0.25, -0.2) is 4.79 Å². The topological polar surface area (TPSA) is 74.6 Å². The van der Waals surface area contributed by atoms with Crippen LogP contribution < -0.4 is 5.32 Å². The molecule has 0 spiro atoms. The zero-order valence-corrected chi connectivity index (χ0v) is 25.3. The van der Waals surface area contributed by atoms with Gasteiger partial charge < -0.3 is 19.9 Å². The van der Waals surface area contributed by atoms with E-state index in [0.717, 1.165) is 46.7 Å². The number of anilines is 1. The van der Waals surface area contributed by atoms with Gasteiger partial charge in [-0.15, -0.1) is 11.8 Å². The van der Waals surface area contributed by atoms with E-state index in [2.05, 4.69) is 59.0 Å². The summed E-state index contributed by atoms with van der Waals surface area (Å²) in [6, 6.07) is 27.5. The molecule has 0 atom stereocenters. The van der Waals surface area contributed by atoms with Crippen LogP contribution in [0.3, 0.4) is 0 Å². The quantitative estimate of drug-likeness (QED) is 0.142. The molecule has 0 radical (unpaired) electrons. The normalized spacial score (nSPS) is 11.4. The highest BCUT2D eigenvalue weighted by Gasteiger charge is 2.18. The summed E-state index contributed by atoms with van der Waals surface area (Å²) in [5.41, 5.74) is 3.86.